The summed E-state index contributed by atoms with van der Waals surface area (Å²) in [5, 5.41) is 12.0. The van der Waals surface area contributed by atoms with E-state index in [0.29, 0.717) is 16.5 Å². The fraction of sp³-hybridized carbons (Fsp3) is 0. The number of aromatic carboxylic acids is 1. The second kappa shape index (κ2) is 8.41. The average Bonchev–Trinajstić information content (AvgIpc) is 2.68. The average molecular weight is 401 g/mol. The molecule has 3 N–H and O–H groups in total. The van der Waals surface area contributed by atoms with Crippen molar-refractivity contribution in [2.24, 2.45) is 0 Å². The minimum atomic E-state index is -1.08. The number of anilines is 2. The molecule has 3 aromatic rings. The van der Waals surface area contributed by atoms with E-state index in [1.54, 1.807) is 24.3 Å². The molecule has 142 valence electrons. The van der Waals surface area contributed by atoms with Gasteiger partial charge >= 0.3 is 5.97 Å². The Morgan fingerprint density at radius 2 is 1.64 bits per heavy atom. The smallest absolute Gasteiger partial charge is 0.335 e. The number of carboxylic acid groups (broad SMARTS) is 1. The van der Waals surface area contributed by atoms with Gasteiger partial charge in [-0.05, 0) is 66.7 Å². The monoisotopic (exact) mass is 400 g/mol. The molecular formula is C20H14ClFN2O4. The molecule has 0 fully saturated rings. The van der Waals surface area contributed by atoms with Gasteiger partial charge in [0.25, 0.3) is 5.91 Å². The Morgan fingerprint density at radius 3 is 2.29 bits per heavy atom. The summed E-state index contributed by atoms with van der Waals surface area (Å²) >= 11 is 5.81. The molecule has 0 bridgehead atoms. The zero-order valence-electron chi connectivity index (χ0n) is 14.3. The molecule has 6 nitrogen and oxygen atoms in total. The lowest BCUT2D eigenvalue weighted by molar-refractivity contribution is 0.0696. The highest BCUT2D eigenvalue weighted by Gasteiger charge is 2.14. The van der Waals surface area contributed by atoms with Crippen LogP contribution in [0.5, 0.6) is 5.75 Å². The SMILES string of the molecule is O=C(O)c1ccc(NC(=O)c2cc(F)ccc2NOc2ccc(Cl)cc2)cc1. The van der Waals surface area contributed by atoms with Crippen LogP contribution in [0.15, 0.2) is 66.7 Å². The highest BCUT2D eigenvalue weighted by Crippen LogP contribution is 2.21. The molecule has 0 atom stereocenters. The lowest BCUT2D eigenvalue weighted by Crippen LogP contribution is -2.16. The van der Waals surface area contributed by atoms with Crippen molar-refractivity contribution in [2.45, 2.75) is 0 Å². The van der Waals surface area contributed by atoms with Gasteiger partial charge in [-0.2, -0.15) is 0 Å². The quantitative estimate of drug-likeness (QED) is 0.515. The summed E-state index contributed by atoms with van der Waals surface area (Å²) < 4.78 is 13.7. The van der Waals surface area contributed by atoms with Crippen LogP contribution in [0.25, 0.3) is 0 Å². The summed E-state index contributed by atoms with van der Waals surface area (Å²) in [6.45, 7) is 0. The zero-order valence-corrected chi connectivity index (χ0v) is 15.0. The van der Waals surface area contributed by atoms with E-state index < -0.39 is 17.7 Å². The third kappa shape index (κ3) is 4.77. The first kappa shape index (κ1) is 19.2. The number of rotatable bonds is 6. The Morgan fingerprint density at radius 1 is 0.964 bits per heavy atom. The molecule has 0 unspecified atom stereocenters. The van der Waals surface area contributed by atoms with Gasteiger partial charge < -0.3 is 15.3 Å². The Bertz CT molecular complexity index is 1010. The maximum absolute atomic E-state index is 13.7. The van der Waals surface area contributed by atoms with Crippen LogP contribution in [0.1, 0.15) is 20.7 Å². The van der Waals surface area contributed by atoms with Gasteiger partial charge in [0.05, 0.1) is 16.8 Å². The molecule has 0 aromatic heterocycles. The Balaban J connectivity index is 1.76. The molecule has 0 saturated carbocycles. The number of carboxylic acids is 1. The highest BCUT2D eigenvalue weighted by atomic mass is 35.5. The molecule has 0 saturated heterocycles. The van der Waals surface area contributed by atoms with Crippen LogP contribution >= 0.6 is 11.6 Å². The van der Waals surface area contributed by atoms with Gasteiger partial charge in [0.2, 0.25) is 0 Å². The number of benzene rings is 3. The molecular weight excluding hydrogens is 387 g/mol. The number of halogens is 2. The fourth-order valence-corrected chi connectivity index (χ4v) is 2.43. The van der Waals surface area contributed by atoms with Crippen LogP contribution in [0.4, 0.5) is 15.8 Å². The number of hydrogen-bond acceptors (Lipinski definition) is 4. The lowest BCUT2D eigenvalue weighted by atomic mass is 10.1. The summed E-state index contributed by atoms with van der Waals surface area (Å²) in [6, 6.07) is 15.7. The number of hydrogen-bond donors (Lipinski definition) is 3. The van der Waals surface area contributed by atoms with Crippen molar-refractivity contribution < 1.29 is 23.9 Å². The first-order chi connectivity index (χ1) is 13.4. The lowest BCUT2D eigenvalue weighted by Gasteiger charge is -2.13. The van der Waals surface area contributed by atoms with Crippen LogP contribution < -0.4 is 15.6 Å². The van der Waals surface area contributed by atoms with Crippen LogP contribution in [0.2, 0.25) is 5.02 Å². The van der Waals surface area contributed by atoms with E-state index >= 15 is 0 Å². The van der Waals surface area contributed by atoms with Gasteiger partial charge in [0.15, 0.2) is 5.75 Å². The highest BCUT2D eigenvalue weighted by molar-refractivity contribution is 6.30. The van der Waals surface area contributed by atoms with E-state index in [1.807, 2.05) is 0 Å². The molecule has 0 aliphatic carbocycles. The minimum absolute atomic E-state index is 0.0104. The predicted octanol–water partition coefficient (Wildman–Crippen LogP) is 4.84. The van der Waals surface area contributed by atoms with Crippen LogP contribution in [0, 0.1) is 5.82 Å². The van der Waals surface area contributed by atoms with E-state index in [-0.39, 0.29) is 16.8 Å². The van der Waals surface area contributed by atoms with Gasteiger partial charge in [0.1, 0.15) is 5.82 Å². The number of carbonyl (C=O) groups excluding carboxylic acids is 1. The Kier molecular flexibility index (Phi) is 5.76. The van der Waals surface area contributed by atoms with E-state index in [9.17, 15) is 14.0 Å². The number of amides is 1. The van der Waals surface area contributed by atoms with E-state index in [4.69, 9.17) is 21.5 Å². The third-order valence-electron chi connectivity index (χ3n) is 3.71. The van der Waals surface area contributed by atoms with Crippen LogP contribution in [-0.4, -0.2) is 17.0 Å². The van der Waals surface area contributed by atoms with Crippen LogP contribution in [-0.2, 0) is 0 Å². The van der Waals surface area contributed by atoms with Crippen molar-refractivity contribution in [1.29, 1.82) is 0 Å². The topological polar surface area (TPSA) is 87.7 Å². The number of carbonyl (C=O) groups is 2. The van der Waals surface area contributed by atoms with Crippen molar-refractivity contribution in [2.75, 3.05) is 10.8 Å². The molecule has 0 aliphatic heterocycles. The first-order valence-corrected chi connectivity index (χ1v) is 8.43. The van der Waals surface area contributed by atoms with Gasteiger partial charge in [-0.15, -0.1) is 0 Å². The summed E-state index contributed by atoms with van der Waals surface area (Å²) in [6.07, 6.45) is 0. The number of nitrogens with one attached hydrogen (secondary N) is 2. The second-order valence-electron chi connectivity index (χ2n) is 5.68. The maximum atomic E-state index is 13.7. The second-order valence-corrected chi connectivity index (χ2v) is 6.12. The molecule has 0 aliphatic rings. The Hall–Kier alpha value is -3.58. The summed E-state index contributed by atoms with van der Waals surface area (Å²) in [7, 11) is 0. The summed E-state index contributed by atoms with van der Waals surface area (Å²) in [5.41, 5.74) is 3.33. The summed E-state index contributed by atoms with van der Waals surface area (Å²) in [5.74, 6) is -1.81. The van der Waals surface area contributed by atoms with Gasteiger partial charge in [-0.25, -0.2) is 14.7 Å². The van der Waals surface area contributed by atoms with Crippen molar-refractivity contribution in [3.8, 4) is 5.75 Å². The largest absolute Gasteiger partial charge is 0.478 e. The van der Waals surface area contributed by atoms with Gasteiger partial charge in [-0.1, -0.05) is 11.6 Å². The van der Waals surface area contributed by atoms with Crippen molar-refractivity contribution >= 4 is 34.9 Å². The molecule has 0 radical (unpaired) electrons. The van der Waals surface area contributed by atoms with E-state index in [1.165, 1.54) is 36.4 Å². The molecule has 8 heteroatoms. The van der Waals surface area contributed by atoms with Crippen molar-refractivity contribution in [1.82, 2.24) is 0 Å². The molecule has 28 heavy (non-hydrogen) atoms. The minimum Gasteiger partial charge on any atom is -0.478 e. The van der Waals surface area contributed by atoms with E-state index in [2.05, 4.69) is 10.8 Å². The zero-order chi connectivity index (χ0) is 20.1. The first-order valence-electron chi connectivity index (χ1n) is 8.05. The molecule has 0 spiro atoms. The Labute approximate surface area is 164 Å². The van der Waals surface area contributed by atoms with Crippen molar-refractivity contribution in [3.05, 3.63) is 88.7 Å². The van der Waals surface area contributed by atoms with Crippen LogP contribution in [0.3, 0.4) is 0 Å². The molecule has 3 aromatic carbocycles. The van der Waals surface area contributed by atoms with E-state index in [0.717, 1.165) is 6.07 Å². The maximum Gasteiger partial charge on any atom is 0.335 e. The predicted molar refractivity (Wildman–Crippen MR) is 103 cm³/mol. The summed E-state index contributed by atoms with van der Waals surface area (Å²) in [4.78, 5) is 28.8. The normalized spacial score (nSPS) is 10.2. The third-order valence-corrected chi connectivity index (χ3v) is 3.96. The molecule has 3 rings (SSSR count). The van der Waals surface area contributed by atoms with Gasteiger partial charge in [-0.3, -0.25) is 4.79 Å². The van der Waals surface area contributed by atoms with Gasteiger partial charge in [0, 0.05) is 10.7 Å². The molecule has 0 heterocycles. The molecule has 1 amide bonds. The fourth-order valence-electron chi connectivity index (χ4n) is 2.30. The standard InChI is InChI=1S/C20H14ClFN2O4/c21-13-3-8-16(9-4-13)28-24-18-10-5-14(22)11-17(18)19(25)23-15-6-1-12(2-7-15)20(26)27/h1-11,24H,(H,23,25)(H,26,27). The van der Waals surface area contributed by atoms with Crippen molar-refractivity contribution in [3.63, 3.8) is 0 Å².